The molecule has 1 aromatic rings. The van der Waals surface area contributed by atoms with E-state index >= 15 is 0 Å². The first-order chi connectivity index (χ1) is 9.88. The molecule has 0 N–H and O–H groups in total. The Morgan fingerprint density at radius 1 is 1.24 bits per heavy atom. The maximum atomic E-state index is 12.3. The van der Waals surface area contributed by atoms with Gasteiger partial charge in [0.2, 0.25) is 0 Å². The number of halogens is 2. The Kier molecular flexibility index (Phi) is 5.56. The van der Waals surface area contributed by atoms with Crippen LogP contribution in [0.25, 0.3) is 0 Å². The molecule has 1 fully saturated rings. The number of hydrogen-bond acceptors (Lipinski definition) is 2. The summed E-state index contributed by atoms with van der Waals surface area (Å²) in [6.07, 6.45) is 3.27. The molecule has 0 saturated heterocycles. The first-order valence-corrected chi connectivity index (χ1v) is 8.30. The largest absolute Gasteiger partial charge is 0.458 e. The van der Waals surface area contributed by atoms with Crippen molar-refractivity contribution < 1.29 is 9.53 Å². The monoisotopic (exact) mass is 328 g/mol. The molecule has 4 heteroatoms. The summed E-state index contributed by atoms with van der Waals surface area (Å²) in [7, 11) is 0. The van der Waals surface area contributed by atoms with Gasteiger partial charge < -0.3 is 4.74 Å². The molecular weight excluding hydrogens is 307 g/mol. The second kappa shape index (κ2) is 7.02. The highest BCUT2D eigenvalue weighted by Crippen LogP contribution is 2.36. The van der Waals surface area contributed by atoms with E-state index in [1.807, 2.05) is 0 Å². The molecular formula is C17H22Cl2O2. The van der Waals surface area contributed by atoms with Crippen molar-refractivity contribution in [3.63, 3.8) is 0 Å². The number of ether oxygens (including phenoxy) is 1. The van der Waals surface area contributed by atoms with Crippen LogP contribution in [0, 0.1) is 17.8 Å². The maximum Gasteiger partial charge on any atom is 0.338 e. The maximum absolute atomic E-state index is 12.3. The van der Waals surface area contributed by atoms with Crippen molar-refractivity contribution in [1.82, 2.24) is 0 Å². The van der Waals surface area contributed by atoms with Gasteiger partial charge in [-0.2, -0.15) is 0 Å². The topological polar surface area (TPSA) is 26.3 Å². The third kappa shape index (κ3) is 4.14. The summed E-state index contributed by atoms with van der Waals surface area (Å²) >= 11 is 11.8. The smallest absolute Gasteiger partial charge is 0.338 e. The zero-order chi connectivity index (χ0) is 15.6. The minimum Gasteiger partial charge on any atom is -0.458 e. The summed E-state index contributed by atoms with van der Waals surface area (Å²) in [5.74, 6) is 1.25. The Morgan fingerprint density at radius 3 is 2.57 bits per heavy atom. The van der Waals surface area contributed by atoms with Crippen LogP contribution in [-0.4, -0.2) is 12.1 Å². The van der Waals surface area contributed by atoms with Gasteiger partial charge in [0.15, 0.2) is 0 Å². The molecule has 1 aliphatic carbocycles. The van der Waals surface area contributed by atoms with Crippen molar-refractivity contribution in [1.29, 1.82) is 0 Å². The lowest BCUT2D eigenvalue weighted by Gasteiger charge is -2.36. The molecule has 2 nitrogen and oxygen atoms in total. The van der Waals surface area contributed by atoms with E-state index in [1.54, 1.807) is 18.2 Å². The molecule has 2 rings (SSSR count). The van der Waals surface area contributed by atoms with Crippen molar-refractivity contribution >= 4 is 29.2 Å². The van der Waals surface area contributed by atoms with Crippen molar-refractivity contribution in [2.75, 3.05) is 0 Å². The number of esters is 1. The molecule has 116 valence electrons. The van der Waals surface area contributed by atoms with Crippen LogP contribution in [-0.2, 0) is 4.74 Å². The van der Waals surface area contributed by atoms with Gasteiger partial charge in [-0.25, -0.2) is 4.79 Å². The average Bonchev–Trinajstić information content (AvgIpc) is 2.41. The molecule has 0 heterocycles. The van der Waals surface area contributed by atoms with Gasteiger partial charge in [0, 0.05) is 0 Å². The van der Waals surface area contributed by atoms with Gasteiger partial charge in [-0.1, -0.05) is 50.4 Å². The zero-order valence-corrected chi connectivity index (χ0v) is 14.2. The summed E-state index contributed by atoms with van der Waals surface area (Å²) in [6.45, 7) is 6.61. The minimum atomic E-state index is -0.307. The third-order valence-electron chi connectivity index (χ3n) is 4.38. The van der Waals surface area contributed by atoms with E-state index < -0.39 is 0 Å². The Balaban J connectivity index is 2.10. The Morgan fingerprint density at radius 2 is 1.95 bits per heavy atom. The summed E-state index contributed by atoms with van der Waals surface area (Å²) in [5, 5.41) is 0.822. The van der Waals surface area contributed by atoms with Gasteiger partial charge in [0.25, 0.3) is 0 Å². The van der Waals surface area contributed by atoms with E-state index in [9.17, 15) is 4.79 Å². The molecule has 0 aromatic heterocycles. The third-order valence-corrected chi connectivity index (χ3v) is 5.11. The lowest BCUT2D eigenvalue weighted by atomic mass is 9.75. The predicted octanol–water partition coefficient (Wildman–Crippen LogP) is 5.61. The van der Waals surface area contributed by atoms with E-state index in [-0.39, 0.29) is 12.1 Å². The lowest BCUT2D eigenvalue weighted by molar-refractivity contribution is -0.0174. The second-order valence-electron chi connectivity index (χ2n) is 6.40. The fraction of sp³-hybridized carbons (Fsp3) is 0.588. The first-order valence-electron chi connectivity index (χ1n) is 7.54. The van der Waals surface area contributed by atoms with Crippen molar-refractivity contribution in [2.24, 2.45) is 17.8 Å². The molecule has 21 heavy (non-hydrogen) atoms. The van der Waals surface area contributed by atoms with Crippen molar-refractivity contribution in [3.05, 3.63) is 33.8 Å². The lowest BCUT2D eigenvalue weighted by Crippen LogP contribution is -2.35. The van der Waals surface area contributed by atoms with Gasteiger partial charge in [0.1, 0.15) is 6.10 Å². The van der Waals surface area contributed by atoms with E-state index in [4.69, 9.17) is 27.9 Å². The number of carbonyl (C=O) groups is 1. The van der Waals surface area contributed by atoms with Gasteiger partial charge in [0.05, 0.1) is 15.6 Å². The van der Waals surface area contributed by atoms with Crippen LogP contribution in [0.3, 0.4) is 0 Å². The first kappa shape index (κ1) is 16.6. The minimum absolute atomic E-state index is 0.00398. The quantitative estimate of drug-likeness (QED) is 0.674. The molecule has 1 saturated carbocycles. The van der Waals surface area contributed by atoms with Crippen molar-refractivity contribution in [2.45, 2.75) is 46.1 Å². The molecule has 0 amide bonds. The summed E-state index contributed by atoms with van der Waals surface area (Å²) in [6, 6.07) is 4.86. The number of hydrogen-bond donors (Lipinski definition) is 0. The highest BCUT2D eigenvalue weighted by Gasteiger charge is 2.33. The summed E-state index contributed by atoms with van der Waals surface area (Å²) in [4.78, 5) is 12.3. The average molecular weight is 329 g/mol. The number of carbonyl (C=O) groups excluding carboxylic acids is 1. The molecule has 1 aromatic carbocycles. The van der Waals surface area contributed by atoms with Crippen LogP contribution in [0.5, 0.6) is 0 Å². The second-order valence-corrected chi connectivity index (χ2v) is 7.21. The van der Waals surface area contributed by atoms with E-state index in [1.165, 1.54) is 6.42 Å². The molecule has 3 unspecified atom stereocenters. The highest BCUT2D eigenvalue weighted by molar-refractivity contribution is 6.42. The SMILES string of the molecule is CC1CCC(C(C)C)C(OC(=O)c2ccc(Cl)c(Cl)c2)C1. The molecule has 3 atom stereocenters. The molecule has 0 bridgehead atoms. The normalized spacial score (nSPS) is 25.9. The van der Waals surface area contributed by atoms with Gasteiger partial charge >= 0.3 is 5.97 Å². The summed E-state index contributed by atoms with van der Waals surface area (Å²) < 4.78 is 5.78. The zero-order valence-electron chi connectivity index (χ0n) is 12.7. The van der Waals surface area contributed by atoms with Gasteiger partial charge in [-0.05, 0) is 48.8 Å². The highest BCUT2D eigenvalue weighted by atomic mass is 35.5. The van der Waals surface area contributed by atoms with E-state index in [0.717, 1.165) is 12.8 Å². The van der Waals surface area contributed by atoms with Crippen LogP contribution >= 0.6 is 23.2 Å². The molecule has 0 radical (unpaired) electrons. The van der Waals surface area contributed by atoms with E-state index in [2.05, 4.69) is 20.8 Å². The summed E-state index contributed by atoms with van der Waals surface area (Å²) in [5.41, 5.74) is 0.463. The van der Waals surface area contributed by atoms with Crippen LogP contribution in [0.4, 0.5) is 0 Å². The van der Waals surface area contributed by atoms with Gasteiger partial charge in [-0.3, -0.25) is 0 Å². The fourth-order valence-corrected chi connectivity index (χ4v) is 3.38. The Labute approximate surface area is 136 Å². The van der Waals surface area contributed by atoms with Crippen LogP contribution < -0.4 is 0 Å². The fourth-order valence-electron chi connectivity index (χ4n) is 3.08. The van der Waals surface area contributed by atoms with Crippen LogP contribution in [0.2, 0.25) is 10.0 Å². The van der Waals surface area contributed by atoms with Crippen LogP contribution in [0.15, 0.2) is 18.2 Å². The van der Waals surface area contributed by atoms with E-state index in [0.29, 0.717) is 33.4 Å². The van der Waals surface area contributed by atoms with Crippen LogP contribution in [0.1, 0.15) is 50.4 Å². The Hall–Kier alpha value is -0.730. The number of rotatable bonds is 3. The molecule has 0 aliphatic heterocycles. The van der Waals surface area contributed by atoms with Crippen molar-refractivity contribution in [3.8, 4) is 0 Å². The predicted molar refractivity (Wildman–Crippen MR) is 87.0 cm³/mol. The molecule has 1 aliphatic rings. The standard InChI is InChI=1S/C17H22Cl2O2/c1-10(2)13-6-4-11(3)8-16(13)21-17(20)12-5-7-14(18)15(19)9-12/h5,7,9-11,13,16H,4,6,8H2,1-3H3. The number of benzene rings is 1. The molecule has 0 spiro atoms. The Bertz CT molecular complexity index is 514. The van der Waals surface area contributed by atoms with Gasteiger partial charge in [-0.15, -0.1) is 0 Å².